The van der Waals surface area contributed by atoms with Crippen LogP contribution in [0.5, 0.6) is 0 Å². The molecule has 0 spiro atoms. The molecule has 0 aliphatic heterocycles. The van der Waals surface area contributed by atoms with E-state index >= 15 is 0 Å². The number of carbonyl (C=O) groups excluding carboxylic acids is 1. The Hall–Kier alpha value is -2.37. The molecule has 0 saturated carbocycles. The Morgan fingerprint density at radius 2 is 1.07 bits per heavy atom. The summed E-state index contributed by atoms with van der Waals surface area (Å²) >= 11 is 0. The summed E-state index contributed by atoms with van der Waals surface area (Å²) in [6.45, 7) is 4.40. The molecule has 0 aliphatic carbocycles. The zero-order chi connectivity index (χ0) is 20.0. The summed E-state index contributed by atoms with van der Waals surface area (Å²) in [4.78, 5) is 13.2. The lowest BCUT2D eigenvalue weighted by molar-refractivity contribution is -0.112. The molecule has 28 heavy (non-hydrogen) atoms. The first-order valence-corrected chi connectivity index (χ1v) is 11.7. The minimum Gasteiger partial charge on any atom is -0.295 e. The van der Waals surface area contributed by atoms with Gasteiger partial charge < -0.3 is 0 Å². The molecule has 0 saturated heterocycles. The fraction of sp³-hybridized carbons (Fsp3) is 0.231. The number of carbonyl (C=O) groups is 1. The first kappa shape index (κ1) is 20.4. The van der Waals surface area contributed by atoms with E-state index in [9.17, 15) is 4.79 Å². The molecule has 0 radical (unpaired) electrons. The Morgan fingerprint density at radius 1 is 0.714 bits per heavy atom. The second kappa shape index (κ2) is 8.76. The first-order valence-electron chi connectivity index (χ1n) is 9.86. The van der Waals surface area contributed by atoms with Crippen LogP contribution in [-0.4, -0.2) is 11.6 Å². The molecule has 3 aromatic carbocycles. The van der Waals surface area contributed by atoms with Gasteiger partial charge in [-0.3, -0.25) is 4.79 Å². The molecule has 0 aromatic heterocycles. The van der Waals surface area contributed by atoms with E-state index in [1.54, 1.807) is 0 Å². The van der Waals surface area contributed by atoms with Gasteiger partial charge in [-0.2, -0.15) is 0 Å². The van der Waals surface area contributed by atoms with Crippen molar-refractivity contribution in [3.05, 3.63) is 91.0 Å². The van der Waals surface area contributed by atoms with Crippen molar-refractivity contribution in [3.63, 3.8) is 0 Å². The number of rotatable bonds is 6. The third-order valence-electron chi connectivity index (χ3n) is 4.95. The molecular formula is C26H29OP. The molecule has 0 atom stereocenters. The number of ketones is 1. The Morgan fingerprint density at radius 3 is 1.39 bits per heavy atom. The third kappa shape index (κ3) is 4.72. The molecule has 2 heteroatoms. The summed E-state index contributed by atoms with van der Waals surface area (Å²) in [6.07, 6.45) is 1.47. The van der Waals surface area contributed by atoms with E-state index in [0.717, 1.165) is 6.42 Å². The summed E-state index contributed by atoms with van der Waals surface area (Å²) in [5.74, 6) is 2.29. The third-order valence-corrected chi connectivity index (χ3v) is 8.96. The summed E-state index contributed by atoms with van der Waals surface area (Å²) in [5.41, 5.74) is 0.150. The summed E-state index contributed by atoms with van der Waals surface area (Å²) in [6, 6.07) is 31.6. The monoisotopic (exact) mass is 388 g/mol. The lowest BCUT2D eigenvalue weighted by Crippen LogP contribution is -2.28. The zero-order valence-electron chi connectivity index (χ0n) is 17.0. The van der Waals surface area contributed by atoms with Crippen molar-refractivity contribution in [2.45, 2.75) is 33.6 Å². The van der Waals surface area contributed by atoms with Crippen LogP contribution in [0.2, 0.25) is 0 Å². The van der Waals surface area contributed by atoms with Crippen molar-refractivity contribution in [2.75, 3.05) is 0 Å². The zero-order valence-corrected chi connectivity index (χ0v) is 17.9. The highest BCUT2D eigenvalue weighted by molar-refractivity contribution is 7.95. The van der Waals surface area contributed by atoms with Crippen LogP contribution in [0, 0.1) is 5.41 Å². The molecule has 3 rings (SSSR count). The van der Waals surface area contributed by atoms with Crippen molar-refractivity contribution < 1.29 is 4.79 Å². The van der Waals surface area contributed by atoms with Gasteiger partial charge in [0.15, 0.2) is 5.78 Å². The van der Waals surface area contributed by atoms with E-state index < -0.39 is 6.89 Å². The number of benzene rings is 3. The lowest BCUT2D eigenvalue weighted by atomic mass is 9.90. The van der Waals surface area contributed by atoms with Crippen molar-refractivity contribution in [3.8, 4) is 0 Å². The minimum atomic E-state index is -2.17. The average Bonchev–Trinajstić information content (AvgIpc) is 2.72. The van der Waals surface area contributed by atoms with Crippen LogP contribution in [0.4, 0.5) is 0 Å². The molecule has 0 heterocycles. The van der Waals surface area contributed by atoms with Crippen LogP contribution in [0.3, 0.4) is 0 Å². The highest BCUT2D eigenvalue weighted by Crippen LogP contribution is 2.43. The first-order chi connectivity index (χ1) is 13.4. The number of Topliss-reactive ketones (excluding diaryl/α,β-unsaturated/α-hetero) is 1. The number of hydrogen-bond donors (Lipinski definition) is 0. The van der Waals surface area contributed by atoms with Gasteiger partial charge in [-0.05, 0) is 40.4 Å². The second-order valence-corrected chi connectivity index (χ2v) is 11.6. The molecule has 0 amide bonds. The maximum atomic E-state index is 13.2. The van der Waals surface area contributed by atoms with Crippen molar-refractivity contribution in [1.29, 1.82) is 0 Å². The predicted octanol–water partition coefficient (Wildman–Crippen LogP) is 5.18. The molecule has 1 nitrogen and oxygen atoms in total. The van der Waals surface area contributed by atoms with E-state index in [1.807, 2.05) is 18.2 Å². The van der Waals surface area contributed by atoms with Crippen molar-refractivity contribution >= 4 is 34.4 Å². The van der Waals surface area contributed by atoms with Gasteiger partial charge in [0.05, 0.1) is 0 Å². The molecule has 0 N–H and O–H groups in total. The van der Waals surface area contributed by atoms with E-state index in [-0.39, 0.29) is 11.2 Å². The van der Waals surface area contributed by atoms with Gasteiger partial charge in [-0.1, -0.05) is 112 Å². The van der Waals surface area contributed by atoms with Gasteiger partial charge in [0.2, 0.25) is 0 Å². The molecular weight excluding hydrogens is 359 g/mol. The Labute approximate surface area is 169 Å². The van der Waals surface area contributed by atoms with Gasteiger partial charge >= 0.3 is 0 Å². The average molecular weight is 388 g/mol. The smallest absolute Gasteiger partial charge is 0.156 e. The Bertz CT molecular complexity index is 848. The van der Waals surface area contributed by atoms with Gasteiger partial charge in [0, 0.05) is 6.42 Å². The second-order valence-electron chi connectivity index (χ2n) is 8.39. The van der Waals surface area contributed by atoms with E-state index in [2.05, 4.69) is 99.4 Å². The standard InChI is InChI=1S/C26H29OP/c1-26(2,3)20-19-22(27)21-28(23-13-7-4-8-14-23,24-15-9-5-10-16-24)25-17-11-6-12-18-25/h4-18,21H,19-20H2,1-3H3. The Balaban J connectivity index is 2.25. The summed E-state index contributed by atoms with van der Waals surface area (Å²) in [5, 5.41) is 3.66. The summed E-state index contributed by atoms with van der Waals surface area (Å²) in [7, 11) is 0. The van der Waals surface area contributed by atoms with Crippen LogP contribution in [0.1, 0.15) is 33.6 Å². The van der Waals surface area contributed by atoms with Crippen molar-refractivity contribution in [2.24, 2.45) is 5.41 Å². The van der Waals surface area contributed by atoms with Crippen LogP contribution in [0.15, 0.2) is 91.0 Å². The van der Waals surface area contributed by atoms with Crippen LogP contribution < -0.4 is 15.9 Å². The SMILES string of the molecule is CC(C)(C)CCC(=O)C=P(c1ccccc1)(c1ccccc1)c1ccccc1. The molecule has 0 bridgehead atoms. The maximum absolute atomic E-state index is 13.2. The van der Waals surface area contributed by atoms with Gasteiger partial charge in [0.1, 0.15) is 0 Å². The maximum Gasteiger partial charge on any atom is 0.156 e. The number of hydrogen-bond acceptors (Lipinski definition) is 1. The van der Waals surface area contributed by atoms with Gasteiger partial charge in [-0.15, -0.1) is 0 Å². The molecule has 0 aliphatic rings. The predicted molar refractivity (Wildman–Crippen MR) is 125 cm³/mol. The minimum absolute atomic E-state index is 0.150. The highest BCUT2D eigenvalue weighted by Gasteiger charge is 2.26. The normalized spacial score (nSPS) is 11.8. The van der Waals surface area contributed by atoms with E-state index in [1.165, 1.54) is 15.9 Å². The largest absolute Gasteiger partial charge is 0.295 e. The van der Waals surface area contributed by atoms with Crippen LogP contribution in [-0.2, 0) is 4.79 Å². The molecule has 144 valence electrons. The Kier molecular flexibility index (Phi) is 6.37. The van der Waals surface area contributed by atoms with Crippen LogP contribution >= 0.6 is 6.89 Å². The van der Waals surface area contributed by atoms with Gasteiger partial charge in [-0.25, -0.2) is 0 Å². The van der Waals surface area contributed by atoms with E-state index in [4.69, 9.17) is 0 Å². The quantitative estimate of drug-likeness (QED) is 0.532. The molecule has 0 unspecified atom stereocenters. The fourth-order valence-corrected chi connectivity index (χ4v) is 7.27. The van der Waals surface area contributed by atoms with Gasteiger partial charge in [0.25, 0.3) is 0 Å². The molecule has 0 fully saturated rings. The van der Waals surface area contributed by atoms with Crippen molar-refractivity contribution in [1.82, 2.24) is 0 Å². The highest BCUT2D eigenvalue weighted by atomic mass is 31.2. The fourth-order valence-electron chi connectivity index (χ4n) is 3.44. The lowest BCUT2D eigenvalue weighted by Gasteiger charge is -2.28. The van der Waals surface area contributed by atoms with Crippen LogP contribution in [0.25, 0.3) is 0 Å². The summed E-state index contributed by atoms with van der Waals surface area (Å²) < 4.78 is 0. The van der Waals surface area contributed by atoms with E-state index in [0.29, 0.717) is 6.42 Å². The topological polar surface area (TPSA) is 17.1 Å². The molecule has 3 aromatic rings.